The Morgan fingerprint density at radius 1 is 1.38 bits per heavy atom. The number of aliphatic carboxylic acids is 1. The number of benzene rings is 1. The maximum Gasteiger partial charge on any atom is 0.311 e. The average Bonchev–Trinajstić information content (AvgIpc) is 3.31. The van der Waals surface area contributed by atoms with E-state index in [9.17, 15) is 9.59 Å². The number of furan rings is 1. The van der Waals surface area contributed by atoms with E-state index >= 15 is 0 Å². The first-order chi connectivity index (χ1) is 12.5. The van der Waals surface area contributed by atoms with Crippen molar-refractivity contribution in [2.45, 2.75) is 32.2 Å². The highest BCUT2D eigenvalue weighted by Crippen LogP contribution is 2.38. The van der Waals surface area contributed by atoms with Crippen molar-refractivity contribution in [1.29, 1.82) is 0 Å². The quantitative estimate of drug-likeness (QED) is 0.755. The second kappa shape index (κ2) is 6.57. The van der Waals surface area contributed by atoms with Gasteiger partial charge < -0.3 is 14.4 Å². The normalized spacial score (nSPS) is 17.1. The zero-order valence-electron chi connectivity index (χ0n) is 14.3. The lowest BCUT2D eigenvalue weighted by molar-refractivity contribution is -0.136. The average molecular weight is 370 g/mol. The van der Waals surface area contributed by atoms with E-state index < -0.39 is 5.97 Å². The van der Waals surface area contributed by atoms with E-state index in [4.69, 9.17) is 14.5 Å². The number of aromatic nitrogens is 1. The van der Waals surface area contributed by atoms with Crippen molar-refractivity contribution in [3.05, 3.63) is 52.4 Å². The fraction of sp³-hybridized carbons (Fsp3) is 0.316. The molecule has 7 heteroatoms. The molecule has 1 aliphatic heterocycles. The minimum atomic E-state index is -1.02. The molecule has 1 amide bonds. The molecule has 1 aliphatic rings. The number of thiazole rings is 1. The van der Waals surface area contributed by atoms with Gasteiger partial charge in [-0.15, -0.1) is 11.3 Å². The van der Waals surface area contributed by atoms with Crippen LogP contribution in [0.15, 0.2) is 34.9 Å². The van der Waals surface area contributed by atoms with Gasteiger partial charge in [0.2, 0.25) is 0 Å². The number of fused-ring (bicyclic) bond motifs is 1. The number of nitrogens with zero attached hydrogens (tertiary/aromatic N) is 2. The molecule has 134 valence electrons. The Bertz CT molecular complexity index is 958. The number of para-hydroxylation sites is 1. The highest BCUT2D eigenvalue weighted by molar-refractivity contribution is 7.18. The van der Waals surface area contributed by atoms with Crippen LogP contribution in [0.3, 0.4) is 0 Å². The summed E-state index contributed by atoms with van der Waals surface area (Å²) in [6, 6.07) is 7.86. The molecule has 26 heavy (non-hydrogen) atoms. The summed E-state index contributed by atoms with van der Waals surface area (Å²) in [6.07, 6.45) is 2.91. The predicted octanol–water partition coefficient (Wildman–Crippen LogP) is 3.80. The Morgan fingerprint density at radius 3 is 2.96 bits per heavy atom. The monoisotopic (exact) mass is 370 g/mol. The molecule has 0 spiro atoms. The van der Waals surface area contributed by atoms with Crippen molar-refractivity contribution >= 4 is 33.4 Å². The molecule has 0 aliphatic carbocycles. The van der Waals surface area contributed by atoms with Gasteiger partial charge in [0.05, 0.1) is 28.1 Å². The Kier molecular flexibility index (Phi) is 4.24. The predicted molar refractivity (Wildman–Crippen MR) is 97.4 cm³/mol. The van der Waals surface area contributed by atoms with E-state index in [-0.39, 0.29) is 24.1 Å². The molecule has 1 unspecified atom stereocenters. The zero-order valence-corrected chi connectivity index (χ0v) is 15.1. The SMILES string of the molecule is Cc1coc(CC(=O)O)c1C(=O)N1CCCC1c1nc2ccccc2s1. The van der Waals surface area contributed by atoms with Crippen LogP contribution in [-0.4, -0.2) is 33.4 Å². The van der Waals surface area contributed by atoms with Gasteiger partial charge in [0.1, 0.15) is 17.2 Å². The largest absolute Gasteiger partial charge is 0.481 e. The topological polar surface area (TPSA) is 83.6 Å². The van der Waals surface area contributed by atoms with Crippen LogP contribution in [0.25, 0.3) is 10.2 Å². The van der Waals surface area contributed by atoms with Crippen molar-refractivity contribution in [2.24, 2.45) is 0 Å². The number of hydrogen-bond donors (Lipinski definition) is 1. The fourth-order valence-electron chi connectivity index (χ4n) is 3.50. The summed E-state index contributed by atoms with van der Waals surface area (Å²) < 4.78 is 6.44. The lowest BCUT2D eigenvalue weighted by atomic mass is 10.1. The first kappa shape index (κ1) is 16.8. The van der Waals surface area contributed by atoms with Gasteiger partial charge >= 0.3 is 5.97 Å². The minimum Gasteiger partial charge on any atom is -0.481 e. The number of aryl methyl sites for hydroxylation is 1. The van der Waals surface area contributed by atoms with E-state index in [1.54, 1.807) is 23.2 Å². The van der Waals surface area contributed by atoms with Crippen LogP contribution in [0.2, 0.25) is 0 Å². The summed E-state index contributed by atoms with van der Waals surface area (Å²) >= 11 is 1.61. The summed E-state index contributed by atoms with van der Waals surface area (Å²) in [4.78, 5) is 30.8. The fourth-order valence-corrected chi connectivity index (χ4v) is 4.61. The lowest BCUT2D eigenvalue weighted by Gasteiger charge is -2.23. The van der Waals surface area contributed by atoms with Crippen molar-refractivity contribution in [3.63, 3.8) is 0 Å². The van der Waals surface area contributed by atoms with Crippen molar-refractivity contribution in [1.82, 2.24) is 9.88 Å². The van der Waals surface area contributed by atoms with Crippen LogP contribution in [0.1, 0.15) is 45.6 Å². The highest BCUT2D eigenvalue weighted by Gasteiger charge is 2.35. The molecule has 6 nitrogen and oxygen atoms in total. The zero-order chi connectivity index (χ0) is 18.3. The van der Waals surface area contributed by atoms with Gasteiger partial charge in [0, 0.05) is 12.1 Å². The first-order valence-corrected chi connectivity index (χ1v) is 9.31. The third kappa shape index (κ3) is 2.88. The van der Waals surface area contributed by atoms with Gasteiger partial charge in [-0.1, -0.05) is 12.1 Å². The number of carboxylic acid groups (broad SMARTS) is 1. The molecular formula is C19H18N2O4S. The first-order valence-electron chi connectivity index (χ1n) is 8.50. The highest BCUT2D eigenvalue weighted by atomic mass is 32.1. The Hall–Kier alpha value is -2.67. The van der Waals surface area contributed by atoms with Gasteiger partial charge in [-0.3, -0.25) is 9.59 Å². The van der Waals surface area contributed by atoms with Gasteiger partial charge in [-0.2, -0.15) is 0 Å². The second-order valence-electron chi connectivity index (χ2n) is 6.46. The molecule has 2 aromatic heterocycles. The number of rotatable bonds is 4. The van der Waals surface area contributed by atoms with E-state index in [0.29, 0.717) is 17.7 Å². The second-order valence-corrected chi connectivity index (χ2v) is 7.53. The van der Waals surface area contributed by atoms with Crippen molar-refractivity contribution < 1.29 is 19.1 Å². The Balaban J connectivity index is 1.67. The number of carbonyl (C=O) groups excluding carboxylic acids is 1. The third-order valence-electron chi connectivity index (χ3n) is 4.69. The summed E-state index contributed by atoms with van der Waals surface area (Å²) in [5, 5.41) is 9.99. The van der Waals surface area contributed by atoms with Crippen LogP contribution >= 0.6 is 11.3 Å². The van der Waals surface area contributed by atoms with Gasteiger partial charge in [0.15, 0.2) is 0 Å². The van der Waals surface area contributed by atoms with E-state index in [1.807, 2.05) is 24.3 Å². The lowest BCUT2D eigenvalue weighted by Crippen LogP contribution is -2.31. The van der Waals surface area contributed by atoms with Gasteiger partial charge in [-0.25, -0.2) is 4.98 Å². The van der Waals surface area contributed by atoms with E-state index in [0.717, 1.165) is 28.1 Å². The molecule has 4 rings (SSSR count). The number of likely N-dealkylation sites (tertiary alicyclic amines) is 1. The third-order valence-corrected chi connectivity index (χ3v) is 5.82. The number of carbonyl (C=O) groups is 2. The van der Waals surface area contributed by atoms with E-state index in [2.05, 4.69) is 0 Å². The van der Waals surface area contributed by atoms with Crippen LogP contribution in [-0.2, 0) is 11.2 Å². The molecule has 0 bridgehead atoms. The Labute approximate surface area is 154 Å². The van der Waals surface area contributed by atoms with Crippen LogP contribution in [0, 0.1) is 6.92 Å². The van der Waals surface area contributed by atoms with Gasteiger partial charge in [-0.05, 0) is 31.9 Å². The molecule has 1 N–H and O–H groups in total. The van der Waals surface area contributed by atoms with Crippen molar-refractivity contribution in [2.75, 3.05) is 6.54 Å². The number of amides is 1. The molecule has 1 atom stereocenters. The maximum atomic E-state index is 13.2. The summed E-state index contributed by atoms with van der Waals surface area (Å²) in [5.41, 5.74) is 1.99. The summed E-state index contributed by atoms with van der Waals surface area (Å²) in [5.74, 6) is -0.971. The molecule has 1 aromatic carbocycles. The van der Waals surface area contributed by atoms with Crippen LogP contribution < -0.4 is 0 Å². The maximum absolute atomic E-state index is 13.2. The number of carboxylic acids is 1. The minimum absolute atomic E-state index is 0.0770. The molecule has 0 radical (unpaired) electrons. The van der Waals surface area contributed by atoms with Gasteiger partial charge in [0.25, 0.3) is 5.91 Å². The summed E-state index contributed by atoms with van der Waals surface area (Å²) in [7, 11) is 0. The molecule has 1 saturated heterocycles. The number of hydrogen-bond acceptors (Lipinski definition) is 5. The molecule has 3 aromatic rings. The Morgan fingerprint density at radius 2 is 2.19 bits per heavy atom. The van der Waals surface area contributed by atoms with Crippen molar-refractivity contribution in [3.8, 4) is 0 Å². The molecular weight excluding hydrogens is 352 g/mol. The molecule has 3 heterocycles. The van der Waals surface area contributed by atoms with Crippen LogP contribution in [0.5, 0.6) is 0 Å². The molecule has 1 fully saturated rings. The van der Waals surface area contributed by atoms with E-state index in [1.165, 1.54) is 6.26 Å². The van der Waals surface area contributed by atoms with Crippen LogP contribution in [0.4, 0.5) is 0 Å². The summed E-state index contributed by atoms with van der Waals surface area (Å²) in [6.45, 7) is 2.40. The molecule has 0 saturated carbocycles. The standard InChI is InChI=1S/C19H18N2O4S/c1-11-10-25-14(9-16(22)23)17(11)19(24)21-8-4-6-13(21)18-20-12-5-2-3-7-15(12)26-18/h2-3,5,7,10,13H,4,6,8-9H2,1H3,(H,22,23). The smallest absolute Gasteiger partial charge is 0.311 e.